The van der Waals surface area contributed by atoms with Gasteiger partial charge in [-0.3, -0.25) is 14.6 Å². The molecule has 31 heavy (non-hydrogen) atoms. The third-order valence-electron chi connectivity index (χ3n) is 4.14. The summed E-state index contributed by atoms with van der Waals surface area (Å²) in [7, 11) is 1.55. The van der Waals surface area contributed by atoms with E-state index in [0.717, 1.165) is 23.4 Å². The Labute approximate surface area is 181 Å². The second-order valence-electron chi connectivity index (χ2n) is 6.57. The number of benzene rings is 2. The van der Waals surface area contributed by atoms with Gasteiger partial charge in [-0.1, -0.05) is 24.3 Å². The Bertz CT molecular complexity index is 1020. The summed E-state index contributed by atoms with van der Waals surface area (Å²) >= 11 is 0. The highest BCUT2D eigenvalue weighted by atomic mass is 16.5. The summed E-state index contributed by atoms with van der Waals surface area (Å²) in [6, 6.07) is 15.1. The standard InChI is InChI=1S/C21H23N3O3.C2H4O2/c1-26-19-9-4-7-17(20(19)27-11-5-10-22)21(25)24-14-15-12-16-6-2-3-8-18(16)23-13-15;1-2(3)4/h2-4,6-9,12-13H,5,10-11,14,22H2,1H3,(H,24,25);1H3,(H,3,4). The number of hydrogen-bond acceptors (Lipinski definition) is 6. The summed E-state index contributed by atoms with van der Waals surface area (Å²) in [6.07, 6.45) is 2.47. The maximum Gasteiger partial charge on any atom is 0.300 e. The second kappa shape index (κ2) is 12.1. The number of nitrogens with one attached hydrogen (secondary N) is 1. The first-order valence-electron chi connectivity index (χ1n) is 9.77. The highest BCUT2D eigenvalue weighted by Gasteiger charge is 2.17. The summed E-state index contributed by atoms with van der Waals surface area (Å²) < 4.78 is 11.1. The van der Waals surface area contributed by atoms with Crippen LogP contribution in [0.4, 0.5) is 0 Å². The molecule has 164 valence electrons. The molecule has 0 fully saturated rings. The Hall–Kier alpha value is -3.65. The van der Waals surface area contributed by atoms with E-state index < -0.39 is 5.97 Å². The topological polar surface area (TPSA) is 124 Å². The number of nitrogens with zero attached hydrogens (tertiary/aromatic N) is 1. The molecule has 0 spiro atoms. The number of amides is 1. The van der Waals surface area contributed by atoms with Gasteiger partial charge in [0, 0.05) is 25.1 Å². The van der Waals surface area contributed by atoms with E-state index in [-0.39, 0.29) is 5.91 Å². The molecule has 0 saturated carbocycles. The molecule has 0 unspecified atom stereocenters. The van der Waals surface area contributed by atoms with Gasteiger partial charge in [-0.05, 0) is 42.8 Å². The molecule has 3 aromatic rings. The smallest absolute Gasteiger partial charge is 0.300 e. The van der Waals surface area contributed by atoms with E-state index in [1.54, 1.807) is 31.5 Å². The maximum absolute atomic E-state index is 12.7. The number of para-hydroxylation sites is 2. The van der Waals surface area contributed by atoms with Crippen molar-refractivity contribution in [2.75, 3.05) is 20.3 Å². The summed E-state index contributed by atoms with van der Waals surface area (Å²) in [5.41, 5.74) is 7.80. The van der Waals surface area contributed by atoms with Gasteiger partial charge in [-0.25, -0.2) is 0 Å². The van der Waals surface area contributed by atoms with Gasteiger partial charge in [0.05, 0.1) is 24.8 Å². The number of carbonyl (C=O) groups excluding carboxylic acids is 1. The minimum atomic E-state index is -0.833. The van der Waals surface area contributed by atoms with Crippen LogP contribution in [0.15, 0.2) is 54.7 Å². The molecule has 0 radical (unpaired) electrons. The predicted molar refractivity (Wildman–Crippen MR) is 118 cm³/mol. The minimum absolute atomic E-state index is 0.232. The van der Waals surface area contributed by atoms with Crippen molar-refractivity contribution in [3.8, 4) is 11.5 Å². The lowest BCUT2D eigenvalue weighted by Crippen LogP contribution is -2.24. The first kappa shape index (κ1) is 23.6. The zero-order valence-electron chi connectivity index (χ0n) is 17.6. The first-order valence-corrected chi connectivity index (χ1v) is 9.77. The van der Waals surface area contributed by atoms with E-state index in [1.165, 1.54) is 0 Å². The molecule has 0 atom stereocenters. The van der Waals surface area contributed by atoms with Gasteiger partial charge < -0.3 is 25.6 Å². The molecule has 8 nitrogen and oxygen atoms in total. The number of carboxylic acids is 1. The van der Waals surface area contributed by atoms with Crippen molar-refractivity contribution in [2.45, 2.75) is 19.9 Å². The third-order valence-corrected chi connectivity index (χ3v) is 4.14. The Kier molecular flexibility index (Phi) is 9.25. The zero-order chi connectivity index (χ0) is 22.6. The van der Waals surface area contributed by atoms with E-state index in [1.807, 2.05) is 30.3 Å². The number of nitrogens with two attached hydrogens (primary N) is 1. The first-order chi connectivity index (χ1) is 15.0. The fraction of sp³-hybridized carbons (Fsp3) is 0.261. The van der Waals surface area contributed by atoms with E-state index in [4.69, 9.17) is 25.1 Å². The number of aliphatic carboxylic acids is 1. The summed E-state index contributed by atoms with van der Waals surface area (Å²) in [4.78, 5) is 26.1. The molecule has 0 bridgehead atoms. The number of methoxy groups -OCH3 is 1. The van der Waals surface area contributed by atoms with E-state index in [9.17, 15) is 4.79 Å². The highest BCUT2D eigenvalue weighted by Crippen LogP contribution is 2.31. The van der Waals surface area contributed by atoms with Crippen LogP contribution in [0.3, 0.4) is 0 Å². The normalized spacial score (nSPS) is 10.0. The number of pyridine rings is 1. The molecule has 0 saturated heterocycles. The van der Waals surface area contributed by atoms with Crippen molar-refractivity contribution in [3.63, 3.8) is 0 Å². The molecule has 1 amide bonds. The van der Waals surface area contributed by atoms with Gasteiger partial charge in [0.1, 0.15) is 0 Å². The molecular formula is C23H27N3O5. The molecule has 1 heterocycles. The van der Waals surface area contributed by atoms with Crippen LogP contribution >= 0.6 is 0 Å². The lowest BCUT2D eigenvalue weighted by molar-refractivity contribution is -0.134. The van der Waals surface area contributed by atoms with Crippen LogP contribution in [0.25, 0.3) is 10.9 Å². The van der Waals surface area contributed by atoms with Crippen molar-refractivity contribution in [2.24, 2.45) is 5.73 Å². The molecule has 3 rings (SSSR count). The van der Waals surface area contributed by atoms with Gasteiger partial charge in [-0.2, -0.15) is 0 Å². The fourth-order valence-corrected chi connectivity index (χ4v) is 2.75. The lowest BCUT2D eigenvalue weighted by Gasteiger charge is -2.15. The van der Waals surface area contributed by atoms with Crippen molar-refractivity contribution >= 4 is 22.8 Å². The Morgan fingerprint density at radius 3 is 2.61 bits per heavy atom. The Morgan fingerprint density at radius 1 is 1.16 bits per heavy atom. The van der Waals surface area contributed by atoms with Gasteiger partial charge in [0.2, 0.25) is 0 Å². The second-order valence-corrected chi connectivity index (χ2v) is 6.57. The van der Waals surface area contributed by atoms with Crippen LogP contribution in [-0.2, 0) is 11.3 Å². The van der Waals surface area contributed by atoms with Gasteiger partial charge in [0.25, 0.3) is 11.9 Å². The van der Waals surface area contributed by atoms with Crippen LogP contribution in [0.5, 0.6) is 11.5 Å². The Balaban J connectivity index is 0.000000785. The number of hydrogen-bond donors (Lipinski definition) is 3. The minimum Gasteiger partial charge on any atom is -0.493 e. The number of carboxylic acid groups (broad SMARTS) is 1. The molecule has 2 aromatic carbocycles. The van der Waals surface area contributed by atoms with Crippen molar-refractivity contribution in [1.29, 1.82) is 0 Å². The summed E-state index contributed by atoms with van der Waals surface area (Å²) in [6.45, 7) is 2.40. The monoisotopic (exact) mass is 425 g/mol. The number of ether oxygens (including phenoxy) is 2. The average Bonchev–Trinajstić information content (AvgIpc) is 2.77. The van der Waals surface area contributed by atoms with Crippen LogP contribution in [0, 0.1) is 0 Å². The van der Waals surface area contributed by atoms with Gasteiger partial charge in [0.15, 0.2) is 11.5 Å². The summed E-state index contributed by atoms with van der Waals surface area (Å²) in [5, 5.41) is 11.4. The maximum atomic E-state index is 12.7. The fourth-order valence-electron chi connectivity index (χ4n) is 2.75. The summed E-state index contributed by atoms with van der Waals surface area (Å²) in [5.74, 6) is -0.112. The molecule has 0 aliphatic heterocycles. The van der Waals surface area contributed by atoms with Gasteiger partial charge >= 0.3 is 0 Å². The van der Waals surface area contributed by atoms with Crippen LogP contribution in [0.2, 0.25) is 0 Å². The predicted octanol–water partition coefficient (Wildman–Crippen LogP) is 2.99. The third kappa shape index (κ3) is 7.27. The quantitative estimate of drug-likeness (QED) is 0.474. The van der Waals surface area contributed by atoms with Crippen LogP contribution < -0.4 is 20.5 Å². The number of aromatic nitrogens is 1. The highest BCUT2D eigenvalue weighted by molar-refractivity contribution is 5.97. The molecule has 8 heteroatoms. The van der Waals surface area contributed by atoms with Gasteiger partial charge in [-0.15, -0.1) is 0 Å². The molecule has 1 aromatic heterocycles. The number of carbonyl (C=O) groups is 2. The lowest BCUT2D eigenvalue weighted by atomic mass is 10.1. The van der Waals surface area contributed by atoms with Crippen molar-refractivity contribution in [3.05, 3.63) is 65.9 Å². The molecule has 0 aliphatic rings. The average molecular weight is 425 g/mol. The van der Waals surface area contributed by atoms with Crippen LogP contribution in [-0.4, -0.2) is 42.2 Å². The number of fused-ring (bicyclic) bond motifs is 1. The van der Waals surface area contributed by atoms with E-state index in [2.05, 4.69) is 10.3 Å². The van der Waals surface area contributed by atoms with E-state index >= 15 is 0 Å². The zero-order valence-corrected chi connectivity index (χ0v) is 17.6. The molecule has 0 aliphatic carbocycles. The number of rotatable bonds is 8. The largest absolute Gasteiger partial charge is 0.493 e. The Morgan fingerprint density at radius 2 is 1.90 bits per heavy atom. The van der Waals surface area contributed by atoms with Crippen molar-refractivity contribution < 1.29 is 24.2 Å². The molecular weight excluding hydrogens is 398 g/mol. The van der Waals surface area contributed by atoms with E-state index in [0.29, 0.717) is 43.2 Å². The van der Waals surface area contributed by atoms with Crippen molar-refractivity contribution in [1.82, 2.24) is 10.3 Å². The SMILES string of the molecule is CC(=O)O.COc1cccc(C(=O)NCc2cnc3ccccc3c2)c1OCCCN. The molecule has 4 N–H and O–H groups in total. The van der Waals surface area contributed by atoms with Crippen LogP contribution in [0.1, 0.15) is 29.3 Å².